The molecule has 228 valence electrons. The van der Waals surface area contributed by atoms with Crippen molar-refractivity contribution >= 4 is 71.3 Å². The number of fused-ring (bicyclic) bond motifs is 11. The third kappa shape index (κ3) is 3.68. The fraction of sp³-hybridized carbons (Fsp3) is 0. The van der Waals surface area contributed by atoms with Crippen molar-refractivity contribution in [2.24, 2.45) is 0 Å². The van der Waals surface area contributed by atoms with Gasteiger partial charge in [0.1, 0.15) is 0 Å². The standard InChI is InChI=1S/C43H26N6/c1-2-13-28(14-3-1)40-32-16-6-7-17-34(32)44-42(46-40)49-36-25-23-29(26-33(36)31-24-22-27-12-4-5-15-30(27)41(31)49)47-38-20-10-11-21-39(38)48-37-19-9-8-18-35(37)45-43(47)48/h1-26H. The van der Waals surface area contributed by atoms with Crippen LogP contribution in [-0.2, 0) is 0 Å². The first-order valence-electron chi connectivity index (χ1n) is 16.5. The molecule has 4 aromatic heterocycles. The van der Waals surface area contributed by atoms with Crippen LogP contribution in [0, 0.1) is 0 Å². The molecule has 0 radical (unpaired) electrons. The van der Waals surface area contributed by atoms with Crippen LogP contribution in [0.15, 0.2) is 158 Å². The Morgan fingerprint density at radius 1 is 0.408 bits per heavy atom. The van der Waals surface area contributed by atoms with Gasteiger partial charge in [-0.3, -0.25) is 13.5 Å². The minimum absolute atomic E-state index is 0.648. The van der Waals surface area contributed by atoms with Crippen molar-refractivity contribution in [1.82, 2.24) is 28.5 Å². The summed E-state index contributed by atoms with van der Waals surface area (Å²) in [6.07, 6.45) is 0. The van der Waals surface area contributed by atoms with Crippen LogP contribution in [0.3, 0.4) is 0 Å². The molecule has 0 bridgehead atoms. The molecule has 0 fully saturated rings. The monoisotopic (exact) mass is 626 g/mol. The number of imidazole rings is 2. The fourth-order valence-corrected chi connectivity index (χ4v) is 7.70. The van der Waals surface area contributed by atoms with Crippen LogP contribution < -0.4 is 0 Å². The van der Waals surface area contributed by atoms with E-state index in [4.69, 9.17) is 15.0 Å². The summed E-state index contributed by atoms with van der Waals surface area (Å²) < 4.78 is 6.79. The summed E-state index contributed by atoms with van der Waals surface area (Å²) >= 11 is 0. The van der Waals surface area contributed by atoms with E-state index < -0.39 is 0 Å². The lowest BCUT2D eigenvalue weighted by Crippen LogP contribution is -2.04. The summed E-state index contributed by atoms with van der Waals surface area (Å²) in [5, 5.41) is 5.63. The summed E-state index contributed by atoms with van der Waals surface area (Å²) in [4.78, 5) is 15.7. The molecule has 0 amide bonds. The topological polar surface area (TPSA) is 52.9 Å². The molecule has 0 unspecified atom stereocenters. The quantitative estimate of drug-likeness (QED) is 0.196. The van der Waals surface area contributed by atoms with Gasteiger partial charge in [0.05, 0.1) is 44.3 Å². The predicted molar refractivity (Wildman–Crippen MR) is 200 cm³/mol. The van der Waals surface area contributed by atoms with Gasteiger partial charge in [0.2, 0.25) is 11.7 Å². The lowest BCUT2D eigenvalue weighted by Gasteiger charge is -2.12. The average Bonchev–Trinajstić information content (AvgIpc) is 3.81. The van der Waals surface area contributed by atoms with Gasteiger partial charge in [-0.1, -0.05) is 109 Å². The Morgan fingerprint density at radius 2 is 1.12 bits per heavy atom. The predicted octanol–water partition coefficient (Wildman–Crippen LogP) is 10.3. The number of nitrogens with zero attached hydrogens (tertiary/aromatic N) is 6. The first kappa shape index (κ1) is 26.3. The van der Waals surface area contributed by atoms with Crippen molar-refractivity contribution in [1.29, 1.82) is 0 Å². The first-order chi connectivity index (χ1) is 24.3. The van der Waals surface area contributed by atoms with Gasteiger partial charge >= 0.3 is 0 Å². The van der Waals surface area contributed by atoms with Gasteiger partial charge in [0, 0.05) is 32.8 Å². The Labute approximate surface area is 279 Å². The number of para-hydroxylation sites is 5. The molecule has 0 saturated carbocycles. The number of rotatable bonds is 3. The molecule has 0 spiro atoms. The second kappa shape index (κ2) is 9.86. The van der Waals surface area contributed by atoms with E-state index in [1.807, 2.05) is 18.2 Å². The molecular weight excluding hydrogens is 601 g/mol. The number of hydrogen-bond acceptors (Lipinski definition) is 3. The smallest absolute Gasteiger partial charge is 0.235 e. The second-order valence-electron chi connectivity index (χ2n) is 12.5. The molecule has 7 aromatic carbocycles. The lowest BCUT2D eigenvalue weighted by atomic mass is 10.1. The Bertz CT molecular complexity index is 3110. The summed E-state index contributed by atoms with van der Waals surface area (Å²) in [5.74, 6) is 1.54. The van der Waals surface area contributed by atoms with Gasteiger partial charge in [-0.25, -0.2) is 15.0 Å². The Balaban J connectivity index is 1.26. The molecule has 11 rings (SSSR count). The molecule has 11 aromatic rings. The third-order valence-corrected chi connectivity index (χ3v) is 9.84. The van der Waals surface area contributed by atoms with Crippen molar-refractivity contribution < 1.29 is 0 Å². The van der Waals surface area contributed by atoms with Crippen LogP contribution in [0.1, 0.15) is 0 Å². The average molecular weight is 627 g/mol. The fourth-order valence-electron chi connectivity index (χ4n) is 7.70. The van der Waals surface area contributed by atoms with Crippen LogP contribution in [0.25, 0.3) is 94.2 Å². The van der Waals surface area contributed by atoms with E-state index in [1.54, 1.807) is 0 Å². The summed E-state index contributed by atoms with van der Waals surface area (Å²) in [5.41, 5.74) is 10.4. The van der Waals surface area contributed by atoms with E-state index in [-0.39, 0.29) is 0 Å². The highest BCUT2D eigenvalue weighted by atomic mass is 15.2. The molecule has 0 aliphatic rings. The zero-order chi connectivity index (χ0) is 32.1. The highest BCUT2D eigenvalue weighted by Crippen LogP contribution is 2.39. The summed E-state index contributed by atoms with van der Waals surface area (Å²) in [6, 6.07) is 55.3. The van der Waals surface area contributed by atoms with Crippen LogP contribution in [-0.4, -0.2) is 28.5 Å². The number of aromatic nitrogens is 6. The molecule has 0 N–H and O–H groups in total. The molecule has 6 heteroatoms. The van der Waals surface area contributed by atoms with Gasteiger partial charge < -0.3 is 0 Å². The lowest BCUT2D eigenvalue weighted by molar-refractivity contribution is 1.02. The van der Waals surface area contributed by atoms with Crippen molar-refractivity contribution in [3.63, 3.8) is 0 Å². The van der Waals surface area contributed by atoms with E-state index >= 15 is 0 Å². The molecule has 0 saturated heterocycles. The molecule has 4 heterocycles. The van der Waals surface area contributed by atoms with E-state index in [2.05, 4.69) is 153 Å². The zero-order valence-electron chi connectivity index (χ0n) is 26.2. The van der Waals surface area contributed by atoms with Crippen molar-refractivity contribution in [2.75, 3.05) is 0 Å². The van der Waals surface area contributed by atoms with Crippen molar-refractivity contribution in [3.05, 3.63) is 158 Å². The van der Waals surface area contributed by atoms with E-state index in [9.17, 15) is 0 Å². The third-order valence-electron chi connectivity index (χ3n) is 9.84. The molecular formula is C43H26N6. The SMILES string of the molecule is c1ccc(-c2nc(-n3c4ccc(-n5c6ccccc6n6c7ccccc7nc56)cc4c4ccc5ccccc5c43)nc3ccccc23)cc1. The van der Waals surface area contributed by atoms with Gasteiger partial charge in [-0.2, -0.15) is 0 Å². The van der Waals surface area contributed by atoms with Crippen LogP contribution >= 0.6 is 0 Å². The zero-order valence-corrected chi connectivity index (χ0v) is 26.2. The maximum absolute atomic E-state index is 5.33. The van der Waals surface area contributed by atoms with Crippen LogP contribution in [0.2, 0.25) is 0 Å². The molecule has 6 nitrogen and oxygen atoms in total. The molecule has 0 atom stereocenters. The van der Waals surface area contributed by atoms with Gasteiger partial charge in [0.25, 0.3) is 0 Å². The summed E-state index contributed by atoms with van der Waals surface area (Å²) in [6.45, 7) is 0. The Morgan fingerprint density at radius 3 is 2.00 bits per heavy atom. The highest BCUT2D eigenvalue weighted by Gasteiger charge is 2.22. The summed E-state index contributed by atoms with van der Waals surface area (Å²) in [7, 11) is 0. The van der Waals surface area contributed by atoms with Crippen molar-refractivity contribution in [2.45, 2.75) is 0 Å². The molecule has 0 aliphatic heterocycles. The highest BCUT2D eigenvalue weighted by molar-refractivity contribution is 6.19. The maximum atomic E-state index is 5.33. The maximum Gasteiger partial charge on any atom is 0.235 e. The van der Waals surface area contributed by atoms with Crippen LogP contribution in [0.4, 0.5) is 0 Å². The van der Waals surface area contributed by atoms with Crippen LogP contribution in [0.5, 0.6) is 0 Å². The Hall–Kier alpha value is -6.79. The van der Waals surface area contributed by atoms with Gasteiger partial charge in [-0.05, 0) is 53.9 Å². The number of benzene rings is 7. The Kier molecular flexibility index (Phi) is 5.29. The normalized spacial score (nSPS) is 12.1. The van der Waals surface area contributed by atoms with E-state index in [0.29, 0.717) is 5.95 Å². The molecule has 0 aliphatic carbocycles. The van der Waals surface area contributed by atoms with E-state index in [1.165, 1.54) is 5.39 Å². The first-order valence-corrected chi connectivity index (χ1v) is 16.5. The molecule has 49 heavy (non-hydrogen) atoms. The van der Waals surface area contributed by atoms with Gasteiger partial charge in [0.15, 0.2) is 0 Å². The van der Waals surface area contributed by atoms with Gasteiger partial charge in [-0.15, -0.1) is 0 Å². The largest absolute Gasteiger partial charge is 0.278 e. The minimum Gasteiger partial charge on any atom is -0.278 e. The minimum atomic E-state index is 0.648. The van der Waals surface area contributed by atoms with Crippen molar-refractivity contribution in [3.8, 4) is 22.9 Å². The number of hydrogen-bond donors (Lipinski definition) is 0. The van der Waals surface area contributed by atoms with E-state index in [0.717, 1.165) is 82.9 Å². The second-order valence-corrected chi connectivity index (χ2v) is 12.5.